The highest BCUT2D eigenvalue weighted by Crippen LogP contribution is 2.16. The fourth-order valence-electron chi connectivity index (χ4n) is 2.72. The Morgan fingerprint density at radius 1 is 1.36 bits per heavy atom. The summed E-state index contributed by atoms with van der Waals surface area (Å²) in [5.74, 6) is 0.121. The molecule has 1 aliphatic rings. The Balaban J connectivity index is 1.94. The predicted molar refractivity (Wildman–Crippen MR) is 92.5 cm³/mol. The van der Waals surface area contributed by atoms with Gasteiger partial charge in [0.15, 0.2) is 6.61 Å². The zero-order valence-electron chi connectivity index (χ0n) is 14.5. The van der Waals surface area contributed by atoms with E-state index in [0.717, 1.165) is 12.8 Å². The third-order valence-electron chi connectivity index (χ3n) is 4.10. The molecule has 0 aromatic heterocycles. The van der Waals surface area contributed by atoms with Crippen LogP contribution in [0.1, 0.15) is 25.3 Å². The largest absolute Gasteiger partial charge is 0.497 e. The van der Waals surface area contributed by atoms with E-state index in [-0.39, 0.29) is 18.1 Å². The van der Waals surface area contributed by atoms with Gasteiger partial charge >= 0.3 is 5.97 Å². The zero-order valence-corrected chi connectivity index (χ0v) is 14.5. The lowest BCUT2D eigenvalue weighted by atomic mass is 10.0. The minimum Gasteiger partial charge on any atom is -0.497 e. The lowest BCUT2D eigenvalue weighted by molar-refractivity contribution is -0.149. The molecular weight excluding hydrogens is 320 g/mol. The van der Waals surface area contributed by atoms with Crippen LogP contribution in [-0.4, -0.2) is 43.6 Å². The third kappa shape index (κ3) is 5.35. The molecule has 6 heteroatoms. The molecule has 0 bridgehead atoms. The molecule has 132 valence electrons. The van der Waals surface area contributed by atoms with Crippen LogP contribution in [0.3, 0.4) is 0 Å². The number of carbonyl (C=O) groups excluding carboxylic acids is 2. The number of hydrogen-bond donors (Lipinski definition) is 0. The van der Waals surface area contributed by atoms with Gasteiger partial charge in [-0.3, -0.25) is 4.79 Å². The molecule has 0 aliphatic carbocycles. The van der Waals surface area contributed by atoms with E-state index in [2.05, 4.69) is 6.92 Å². The lowest BCUT2D eigenvalue weighted by Gasteiger charge is -2.30. The SMILES string of the molecule is COc1ccc(/C=C(\C#N)C(=O)OCC(=O)N2CCC[C@@H](C)C2)cc1. The van der Waals surface area contributed by atoms with Crippen molar-refractivity contribution >= 4 is 18.0 Å². The normalized spacial score (nSPS) is 17.6. The van der Waals surface area contributed by atoms with Gasteiger partial charge in [0, 0.05) is 13.1 Å². The predicted octanol–water partition coefficient (Wildman–Crippen LogP) is 2.40. The summed E-state index contributed by atoms with van der Waals surface area (Å²) in [5.41, 5.74) is 0.524. The number of nitriles is 1. The average Bonchev–Trinajstić information content (AvgIpc) is 2.64. The molecule has 0 N–H and O–H groups in total. The molecule has 0 spiro atoms. The van der Waals surface area contributed by atoms with Gasteiger partial charge in [0.1, 0.15) is 17.4 Å². The van der Waals surface area contributed by atoms with Gasteiger partial charge in [-0.2, -0.15) is 5.26 Å². The summed E-state index contributed by atoms with van der Waals surface area (Å²) < 4.78 is 10.1. The smallest absolute Gasteiger partial charge is 0.349 e. The van der Waals surface area contributed by atoms with E-state index in [9.17, 15) is 9.59 Å². The van der Waals surface area contributed by atoms with Crippen molar-refractivity contribution in [2.75, 3.05) is 26.8 Å². The van der Waals surface area contributed by atoms with Crippen LogP contribution in [0.5, 0.6) is 5.75 Å². The van der Waals surface area contributed by atoms with Gasteiger partial charge in [-0.1, -0.05) is 19.1 Å². The van der Waals surface area contributed by atoms with Gasteiger partial charge in [-0.15, -0.1) is 0 Å². The number of esters is 1. The number of likely N-dealkylation sites (tertiary alicyclic amines) is 1. The highest BCUT2D eigenvalue weighted by atomic mass is 16.5. The Bertz CT molecular complexity index is 688. The maximum atomic E-state index is 12.1. The highest BCUT2D eigenvalue weighted by Gasteiger charge is 2.22. The van der Waals surface area contributed by atoms with Crippen LogP contribution in [0.25, 0.3) is 6.08 Å². The Morgan fingerprint density at radius 3 is 2.68 bits per heavy atom. The lowest BCUT2D eigenvalue weighted by Crippen LogP contribution is -2.41. The highest BCUT2D eigenvalue weighted by molar-refractivity contribution is 5.98. The fraction of sp³-hybridized carbons (Fsp3) is 0.421. The molecule has 1 aliphatic heterocycles. The van der Waals surface area contributed by atoms with Crippen LogP contribution in [0, 0.1) is 17.2 Å². The minimum absolute atomic E-state index is 0.148. The Kier molecular flexibility index (Phi) is 6.58. The molecule has 1 aromatic rings. The zero-order chi connectivity index (χ0) is 18.2. The van der Waals surface area contributed by atoms with Crippen molar-refractivity contribution < 1.29 is 19.1 Å². The van der Waals surface area contributed by atoms with E-state index < -0.39 is 5.97 Å². The topological polar surface area (TPSA) is 79.6 Å². The number of ether oxygens (including phenoxy) is 2. The molecule has 1 heterocycles. The number of piperidine rings is 1. The summed E-state index contributed by atoms with van der Waals surface area (Å²) >= 11 is 0. The molecule has 1 amide bonds. The molecule has 0 radical (unpaired) electrons. The van der Waals surface area contributed by atoms with Crippen LogP contribution in [0.2, 0.25) is 0 Å². The summed E-state index contributed by atoms with van der Waals surface area (Å²) in [6.45, 7) is 3.13. The van der Waals surface area contributed by atoms with Gasteiger partial charge in [0.2, 0.25) is 0 Å². The first kappa shape index (κ1) is 18.5. The van der Waals surface area contributed by atoms with E-state index in [1.54, 1.807) is 36.3 Å². The summed E-state index contributed by atoms with van der Waals surface area (Å²) in [7, 11) is 1.56. The molecule has 2 rings (SSSR count). The number of amides is 1. The molecule has 25 heavy (non-hydrogen) atoms. The van der Waals surface area contributed by atoms with Crippen molar-refractivity contribution in [1.29, 1.82) is 5.26 Å². The molecule has 1 aromatic carbocycles. The molecule has 1 fully saturated rings. The molecule has 0 unspecified atom stereocenters. The number of carbonyl (C=O) groups is 2. The van der Waals surface area contributed by atoms with Crippen molar-refractivity contribution in [2.24, 2.45) is 5.92 Å². The monoisotopic (exact) mass is 342 g/mol. The first-order valence-electron chi connectivity index (χ1n) is 8.24. The first-order valence-corrected chi connectivity index (χ1v) is 8.24. The van der Waals surface area contributed by atoms with Crippen LogP contribution in [-0.2, 0) is 14.3 Å². The van der Waals surface area contributed by atoms with Crippen LogP contribution < -0.4 is 4.74 Å². The van der Waals surface area contributed by atoms with E-state index in [1.807, 2.05) is 6.07 Å². The van der Waals surface area contributed by atoms with E-state index in [0.29, 0.717) is 30.3 Å². The Morgan fingerprint density at radius 2 is 2.08 bits per heavy atom. The number of nitrogens with zero attached hydrogens (tertiary/aromatic N) is 2. The van der Waals surface area contributed by atoms with Crippen molar-refractivity contribution in [3.63, 3.8) is 0 Å². The fourth-order valence-corrected chi connectivity index (χ4v) is 2.72. The average molecular weight is 342 g/mol. The second-order valence-electron chi connectivity index (χ2n) is 6.11. The van der Waals surface area contributed by atoms with Gasteiger partial charge in [0.05, 0.1) is 7.11 Å². The summed E-state index contributed by atoms with van der Waals surface area (Å²) in [6, 6.07) is 8.73. The Hall–Kier alpha value is -2.81. The van der Waals surface area contributed by atoms with Crippen molar-refractivity contribution in [3.05, 3.63) is 35.4 Å². The van der Waals surface area contributed by atoms with E-state index >= 15 is 0 Å². The second-order valence-corrected chi connectivity index (χ2v) is 6.11. The third-order valence-corrected chi connectivity index (χ3v) is 4.10. The van der Waals surface area contributed by atoms with E-state index in [1.165, 1.54) is 6.08 Å². The molecule has 1 saturated heterocycles. The standard InChI is InChI=1S/C19H22N2O4/c1-14-4-3-9-21(12-14)18(22)13-25-19(23)16(11-20)10-15-5-7-17(24-2)8-6-15/h5-8,10,14H,3-4,9,12-13H2,1-2H3/b16-10+/t14-/m1/s1. The number of benzene rings is 1. The number of rotatable bonds is 5. The summed E-state index contributed by atoms with van der Waals surface area (Å²) in [5, 5.41) is 9.17. The van der Waals surface area contributed by atoms with Gasteiger partial charge in [-0.05, 0) is 42.5 Å². The summed E-state index contributed by atoms with van der Waals surface area (Å²) in [4.78, 5) is 25.9. The first-order chi connectivity index (χ1) is 12.0. The van der Waals surface area contributed by atoms with Crippen molar-refractivity contribution in [2.45, 2.75) is 19.8 Å². The number of hydrogen-bond acceptors (Lipinski definition) is 5. The maximum Gasteiger partial charge on any atom is 0.349 e. The number of methoxy groups -OCH3 is 1. The van der Waals surface area contributed by atoms with Crippen molar-refractivity contribution in [3.8, 4) is 11.8 Å². The minimum atomic E-state index is -0.795. The Labute approximate surface area is 147 Å². The molecule has 1 atom stereocenters. The molecular formula is C19H22N2O4. The maximum absolute atomic E-state index is 12.1. The van der Waals surface area contributed by atoms with Gasteiger partial charge in [0.25, 0.3) is 5.91 Å². The quantitative estimate of drug-likeness (QED) is 0.466. The van der Waals surface area contributed by atoms with Crippen molar-refractivity contribution in [1.82, 2.24) is 4.90 Å². The van der Waals surface area contributed by atoms with Crippen LogP contribution >= 0.6 is 0 Å². The molecule has 0 saturated carbocycles. The van der Waals surface area contributed by atoms with Gasteiger partial charge in [-0.25, -0.2) is 4.79 Å². The summed E-state index contributed by atoms with van der Waals surface area (Å²) in [6.07, 6.45) is 3.49. The second kappa shape index (κ2) is 8.88. The molecule has 6 nitrogen and oxygen atoms in total. The van der Waals surface area contributed by atoms with Crippen LogP contribution in [0.4, 0.5) is 0 Å². The van der Waals surface area contributed by atoms with Crippen LogP contribution in [0.15, 0.2) is 29.8 Å². The van der Waals surface area contributed by atoms with Gasteiger partial charge < -0.3 is 14.4 Å². The van der Waals surface area contributed by atoms with E-state index in [4.69, 9.17) is 14.7 Å².